The van der Waals surface area contributed by atoms with E-state index in [1.807, 2.05) is 64.1 Å². The second kappa shape index (κ2) is 18.7. The monoisotopic (exact) mass is 832 g/mol. The molecule has 58 heavy (non-hydrogen) atoms. The van der Waals surface area contributed by atoms with Crippen LogP contribution in [0.3, 0.4) is 0 Å². The van der Waals surface area contributed by atoms with Crippen molar-refractivity contribution in [2.24, 2.45) is 10.8 Å². The summed E-state index contributed by atoms with van der Waals surface area (Å²) in [5.41, 5.74) is 3.95. The van der Waals surface area contributed by atoms with Gasteiger partial charge in [-0.05, 0) is 98.2 Å². The van der Waals surface area contributed by atoms with Crippen LogP contribution in [0.15, 0.2) is 94.7 Å². The number of ether oxygens (including phenoxy) is 2. The Kier molecular flexibility index (Phi) is 14.6. The quantitative estimate of drug-likeness (QED) is 0.145. The molecule has 8 nitrogen and oxygen atoms in total. The van der Waals surface area contributed by atoms with E-state index in [0.717, 1.165) is 47.9 Å². The Morgan fingerprint density at radius 2 is 0.966 bits per heavy atom. The molecule has 0 spiro atoms. The number of aliphatic hydroxyl groups is 2. The van der Waals surface area contributed by atoms with Crippen LogP contribution in [0.25, 0.3) is 0 Å². The van der Waals surface area contributed by atoms with Crippen molar-refractivity contribution >= 4 is 19.7 Å². The van der Waals surface area contributed by atoms with Crippen LogP contribution in [0.4, 0.5) is 0 Å². The maximum absolute atomic E-state index is 13.5. The molecule has 0 saturated heterocycles. The first-order valence-electron chi connectivity index (χ1n) is 20.9. The van der Waals surface area contributed by atoms with E-state index >= 15 is 0 Å². The van der Waals surface area contributed by atoms with Gasteiger partial charge in [0.25, 0.3) is 0 Å². The molecule has 0 amide bonds. The minimum absolute atomic E-state index is 0.0285. The summed E-state index contributed by atoms with van der Waals surface area (Å²) < 4.78 is 64.7. The Hall–Kier alpha value is -3.70. The zero-order valence-electron chi connectivity index (χ0n) is 35.6. The maximum atomic E-state index is 13.5. The molecule has 2 aliphatic rings. The second-order valence-electron chi connectivity index (χ2n) is 16.6. The van der Waals surface area contributed by atoms with Crippen molar-refractivity contribution in [2.75, 3.05) is 25.7 Å². The minimum Gasteiger partial charge on any atom is -0.497 e. The fraction of sp³-hybridized carbons (Fsp3) is 0.500. The smallest absolute Gasteiger partial charge is 0.179 e. The van der Waals surface area contributed by atoms with Gasteiger partial charge < -0.3 is 19.7 Å². The Morgan fingerprint density at radius 3 is 1.28 bits per heavy atom. The predicted molar refractivity (Wildman–Crippen MR) is 233 cm³/mol. The lowest BCUT2D eigenvalue weighted by Crippen LogP contribution is -2.42. The van der Waals surface area contributed by atoms with Crippen LogP contribution in [0.2, 0.25) is 0 Å². The molecule has 4 aromatic rings. The molecule has 2 unspecified atom stereocenters. The highest BCUT2D eigenvalue weighted by Gasteiger charge is 2.50. The van der Waals surface area contributed by atoms with Gasteiger partial charge in [-0.15, -0.1) is 0 Å². The lowest BCUT2D eigenvalue weighted by Gasteiger charge is -2.39. The lowest BCUT2D eigenvalue weighted by molar-refractivity contribution is 0.0173. The molecular weight excluding hydrogens is 769 g/mol. The molecule has 0 radical (unpaired) electrons. The molecule has 0 bridgehead atoms. The summed E-state index contributed by atoms with van der Waals surface area (Å²) in [4.78, 5) is 0.631. The van der Waals surface area contributed by atoms with Gasteiger partial charge in [0.15, 0.2) is 19.7 Å². The van der Waals surface area contributed by atoms with Gasteiger partial charge in [-0.1, -0.05) is 113 Å². The number of hydrogen-bond acceptors (Lipinski definition) is 8. The number of fused-ring (bicyclic) bond motifs is 2. The molecule has 0 fully saturated rings. The van der Waals surface area contributed by atoms with Crippen molar-refractivity contribution in [2.45, 2.75) is 127 Å². The van der Waals surface area contributed by atoms with Gasteiger partial charge in [0, 0.05) is 22.7 Å². The first-order valence-corrected chi connectivity index (χ1v) is 24.2. The molecule has 0 saturated carbocycles. The van der Waals surface area contributed by atoms with Crippen LogP contribution in [0.5, 0.6) is 11.5 Å². The highest BCUT2D eigenvalue weighted by Crippen LogP contribution is 2.51. The van der Waals surface area contributed by atoms with E-state index in [9.17, 15) is 27.0 Å². The molecule has 4 aromatic carbocycles. The summed E-state index contributed by atoms with van der Waals surface area (Å²) in [5, 5.41) is 23.5. The molecule has 2 N–H and O–H groups in total. The zero-order chi connectivity index (χ0) is 42.5. The predicted octanol–water partition coefficient (Wildman–Crippen LogP) is 9.74. The number of sulfone groups is 2. The molecule has 6 rings (SSSR count). The summed E-state index contributed by atoms with van der Waals surface area (Å²) in [7, 11) is -3.96. The molecule has 6 atom stereocenters. The van der Waals surface area contributed by atoms with Crippen molar-refractivity contribution in [3.8, 4) is 11.5 Å². The summed E-state index contributed by atoms with van der Waals surface area (Å²) in [6, 6.07) is 26.3. The standard InChI is InChI=1S/2C24H32O4S/c2*1-5-7-13-24(6-2)16-29(26,27)21-12-11-19(28-4)15-20(21)22(23(24)25)18-10-8-9-17(3)14-18/h2*8-12,14-15,22-23,25H,5-7,13,16H2,1-4H3/t22-,23?,24+;22-,23?,24-/m01/s1. The number of hydrogen-bond donors (Lipinski definition) is 2. The molecule has 10 heteroatoms. The minimum atomic E-state index is -3.55. The molecule has 0 aliphatic carbocycles. The van der Waals surface area contributed by atoms with Crippen LogP contribution in [0.1, 0.15) is 124 Å². The summed E-state index contributed by atoms with van der Waals surface area (Å²) in [6.07, 6.45) is 4.70. The number of unbranched alkanes of at least 4 members (excludes halogenated alkanes) is 2. The van der Waals surface area contributed by atoms with Crippen molar-refractivity contribution in [1.29, 1.82) is 0 Å². The Bertz CT molecular complexity index is 2090. The van der Waals surface area contributed by atoms with E-state index in [0.29, 0.717) is 58.1 Å². The average Bonchev–Trinajstić information content (AvgIpc) is 3.33. The van der Waals surface area contributed by atoms with E-state index in [1.165, 1.54) is 0 Å². The number of rotatable bonds is 12. The number of aliphatic hydroxyl groups excluding tert-OH is 2. The fourth-order valence-corrected chi connectivity index (χ4v) is 13.9. The van der Waals surface area contributed by atoms with Gasteiger partial charge in [0.1, 0.15) is 11.5 Å². The van der Waals surface area contributed by atoms with Crippen molar-refractivity contribution in [1.82, 2.24) is 0 Å². The normalized spacial score (nSPS) is 25.8. The third kappa shape index (κ3) is 9.20. The van der Waals surface area contributed by atoms with E-state index in [2.05, 4.69) is 26.0 Å². The molecule has 2 aliphatic heterocycles. The molecule has 316 valence electrons. The highest BCUT2D eigenvalue weighted by atomic mass is 32.2. The first kappa shape index (κ1) is 45.4. The van der Waals surface area contributed by atoms with Crippen molar-refractivity contribution in [3.05, 3.63) is 118 Å². The van der Waals surface area contributed by atoms with Crippen LogP contribution in [-0.4, -0.2) is 65.0 Å². The van der Waals surface area contributed by atoms with E-state index in [-0.39, 0.29) is 11.5 Å². The largest absolute Gasteiger partial charge is 0.497 e. The van der Waals surface area contributed by atoms with Gasteiger partial charge in [-0.3, -0.25) is 0 Å². The van der Waals surface area contributed by atoms with Gasteiger partial charge in [0.2, 0.25) is 0 Å². The van der Waals surface area contributed by atoms with Gasteiger partial charge in [-0.25, -0.2) is 16.8 Å². The number of benzene rings is 4. The van der Waals surface area contributed by atoms with Gasteiger partial charge in [-0.2, -0.15) is 0 Å². The Morgan fingerprint density at radius 1 is 0.586 bits per heavy atom. The molecule has 0 aromatic heterocycles. The number of methoxy groups -OCH3 is 2. The van der Waals surface area contributed by atoms with Crippen LogP contribution >= 0.6 is 0 Å². The number of aryl methyl sites for hydroxylation is 2. The van der Waals surface area contributed by atoms with Crippen molar-refractivity contribution < 1.29 is 36.5 Å². The SMILES string of the molecule is CCCC[C@]1(CC)CS(=O)(=O)c2ccc(OC)cc2[C@@H](c2cccc(C)c2)C1O.CCCC[C@]1(CC)CS(=O)(=O)c2ccc(OC)cc2[C@H](c2cccc(C)c2)C1O. The van der Waals surface area contributed by atoms with Crippen LogP contribution < -0.4 is 9.47 Å². The highest BCUT2D eigenvalue weighted by molar-refractivity contribution is 7.91. The molecular formula is C48H64O8S2. The maximum Gasteiger partial charge on any atom is 0.179 e. The molecule has 2 heterocycles. The van der Waals surface area contributed by atoms with E-state index in [1.54, 1.807) is 50.6 Å². The first-order chi connectivity index (χ1) is 27.6. The van der Waals surface area contributed by atoms with Crippen LogP contribution in [0, 0.1) is 24.7 Å². The second-order valence-corrected chi connectivity index (χ2v) is 20.6. The average molecular weight is 833 g/mol. The van der Waals surface area contributed by atoms with E-state index < -0.39 is 54.5 Å². The van der Waals surface area contributed by atoms with Crippen molar-refractivity contribution in [3.63, 3.8) is 0 Å². The fourth-order valence-electron chi connectivity index (χ4n) is 9.41. The van der Waals surface area contributed by atoms with Gasteiger partial charge in [0.05, 0.1) is 47.7 Å². The van der Waals surface area contributed by atoms with E-state index in [4.69, 9.17) is 9.47 Å². The Labute approximate surface area is 347 Å². The van der Waals surface area contributed by atoms with Crippen LogP contribution in [-0.2, 0) is 19.7 Å². The topological polar surface area (TPSA) is 127 Å². The summed E-state index contributed by atoms with van der Waals surface area (Å²) >= 11 is 0. The van der Waals surface area contributed by atoms with Gasteiger partial charge >= 0.3 is 0 Å². The third-order valence-electron chi connectivity index (χ3n) is 12.9. The summed E-state index contributed by atoms with van der Waals surface area (Å²) in [6.45, 7) is 12.2. The summed E-state index contributed by atoms with van der Waals surface area (Å²) in [5.74, 6) is 0.296. The Balaban J connectivity index is 0.000000221. The zero-order valence-corrected chi connectivity index (χ0v) is 37.3. The third-order valence-corrected chi connectivity index (χ3v) is 16.9. The lowest BCUT2D eigenvalue weighted by atomic mass is 9.69.